The van der Waals surface area contributed by atoms with Gasteiger partial charge in [0.1, 0.15) is 0 Å². The number of rotatable bonds is 13. The van der Waals surface area contributed by atoms with Gasteiger partial charge in [0.25, 0.3) is 0 Å². The van der Waals surface area contributed by atoms with E-state index in [1.54, 1.807) is 6.92 Å². The molecule has 0 N–H and O–H groups in total. The van der Waals surface area contributed by atoms with Crippen molar-refractivity contribution in [1.82, 2.24) is 0 Å². The van der Waals surface area contributed by atoms with Crippen LogP contribution in [-0.2, 0) is 19.1 Å². The number of ether oxygens (including phenoxy) is 2. The average molecular weight is 451 g/mol. The molecule has 0 amide bonds. The first-order valence-corrected chi connectivity index (χ1v) is 12.3. The third kappa shape index (κ3) is 12.5. The van der Waals surface area contributed by atoms with E-state index in [-0.39, 0.29) is 23.9 Å². The van der Waals surface area contributed by atoms with Gasteiger partial charge in [-0.1, -0.05) is 79.7 Å². The molecule has 0 saturated heterocycles. The maximum absolute atomic E-state index is 13.0. The predicted octanol–water partition coefficient (Wildman–Crippen LogP) is 7.52. The molecule has 0 aromatic heterocycles. The van der Waals surface area contributed by atoms with Crippen LogP contribution in [0.4, 0.5) is 0 Å². The first kappa shape index (κ1) is 30.4. The number of hydrogen-bond donors (Lipinski definition) is 0. The van der Waals surface area contributed by atoms with Crippen LogP contribution in [0.2, 0.25) is 0 Å². The molecule has 0 fully saturated rings. The Morgan fingerprint density at radius 1 is 0.938 bits per heavy atom. The first-order chi connectivity index (χ1) is 14.5. The highest BCUT2D eigenvalue weighted by atomic mass is 16.6. The molecule has 0 bridgehead atoms. The standard InChI is InChI=1S/C28H50O4/c1-12-22(4)23(24(29)31-13-2)32-25(30)28(10,11)20-27(8,9)18-16-14-15-17-21(3)19-26(5,6)7/h15-18,21-23H,12-14,19-20H2,1-11H3/b17-15-,18-16-. The van der Waals surface area contributed by atoms with Crippen LogP contribution in [0.15, 0.2) is 24.3 Å². The minimum atomic E-state index is -0.856. The maximum atomic E-state index is 13.0. The molecular weight excluding hydrogens is 400 g/mol. The lowest BCUT2D eigenvalue weighted by Gasteiger charge is -2.33. The molecule has 0 aliphatic heterocycles. The summed E-state index contributed by atoms with van der Waals surface area (Å²) in [5, 5.41) is 0. The Morgan fingerprint density at radius 3 is 2.03 bits per heavy atom. The van der Waals surface area contributed by atoms with Crippen molar-refractivity contribution >= 4 is 11.9 Å². The van der Waals surface area contributed by atoms with Crippen LogP contribution in [0, 0.1) is 28.1 Å². The van der Waals surface area contributed by atoms with Gasteiger partial charge < -0.3 is 9.47 Å². The lowest BCUT2D eigenvalue weighted by atomic mass is 9.75. The average Bonchev–Trinajstić information content (AvgIpc) is 2.62. The zero-order valence-electron chi connectivity index (χ0n) is 22.7. The summed E-state index contributed by atoms with van der Waals surface area (Å²) in [6, 6.07) is 0. The van der Waals surface area contributed by atoms with E-state index in [4.69, 9.17) is 9.47 Å². The molecule has 0 spiro atoms. The number of carbonyl (C=O) groups is 2. The van der Waals surface area contributed by atoms with E-state index in [0.717, 1.165) is 12.8 Å². The van der Waals surface area contributed by atoms with E-state index in [0.29, 0.717) is 17.8 Å². The second-order valence-corrected chi connectivity index (χ2v) is 11.8. The fourth-order valence-electron chi connectivity index (χ4n) is 4.19. The van der Waals surface area contributed by atoms with E-state index in [1.807, 2.05) is 27.7 Å². The van der Waals surface area contributed by atoms with Crippen molar-refractivity contribution < 1.29 is 19.1 Å². The summed E-state index contributed by atoms with van der Waals surface area (Å²) >= 11 is 0. The van der Waals surface area contributed by atoms with Crippen molar-refractivity contribution in [2.24, 2.45) is 28.1 Å². The van der Waals surface area contributed by atoms with Crippen molar-refractivity contribution in [2.45, 2.75) is 108 Å². The Balaban J connectivity index is 5.00. The molecule has 0 aliphatic carbocycles. The Kier molecular flexibility index (Phi) is 12.6. The molecule has 0 heterocycles. The van der Waals surface area contributed by atoms with Crippen LogP contribution < -0.4 is 0 Å². The zero-order valence-corrected chi connectivity index (χ0v) is 22.7. The van der Waals surface area contributed by atoms with Gasteiger partial charge in [0.2, 0.25) is 6.10 Å². The van der Waals surface area contributed by atoms with Gasteiger partial charge in [-0.2, -0.15) is 0 Å². The van der Waals surface area contributed by atoms with Crippen molar-refractivity contribution in [3.63, 3.8) is 0 Å². The summed E-state index contributed by atoms with van der Waals surface area (Å²) in [4.78, 5) is 25.3. The Bertz CT molecular complexity index is 634. The van der Waals surface area contributed by atoms with Crippen LogP contribution in [0.5, 0.6) is 0 Å². The monoisotopic (exact) mass is 450 g/mol. The Hall–Kier alpha value is -1.58. The van der Waals surface area contributed by atoms with E-state index < -0.39 is 17.5 Å². The topological polar surface area (TPSA) is 52.6 Å². The highest BCUT2D eigenvalue weighted by molar-refractivity contribution is 5.82. The lowest BCUT2D eigenvalue weighted by molar-refractivity contribution is -0.178. The number of allylic oxidation sites excluding steroid dienone is 4. The van der Waals surface area contributed by atoms with Crippen molar-refractivity contribution in [3.05, 3.63) is 24.3 Å². The molecule has 0 rings (SSSR count). The first-order valence-electron chi connectivity index (χ1n) is 12.3. The van der Waals surface area contributed by atoms with Gasteiger partial charge in [-0.05, 0) is 63.2 Å². The quantitative estimate of drug-likeness (QED) is 0.215. The number of esters is 2. The molecule has 186 valence electrons. The van der Waals surface area contributed by atoms with Gasteiger partial charge in [-0.3, -0.25) is 4.79 Å². The van der Waals surface area contributed by atoms with Crippen LogP contribution in [0.25, 0.3) is 0 Å². The second-order valence-electron chi connectivity index (χ2n) is 11.8. The molecule has 0 radical (unpaired) electrons. The predicted molar refractivity (Wildman–Crippen MR) is 134 cm³/mol. The number of carbonyl (C=O) groups excluding carboxylic acids is 2. The van der Waals surface area contributed by atoms with Gasteiger partial charge in [0.15, 0.2) is 0 Å². The van der Waals surface area contributed by atoms with E-state index in [9.17, 15) is 9.59 Å². The Morgan fingerprint density at radius 2 is 1.53 bits per heavy atom. The molecule has 0 saturated carbocycles. The Labute approximate surface area is 198 Å². The minimum Gasteiger partial charge on any atom is -0.463 e. The molecule has 3 atom stereocenters. The third-order valence-corrected chi connectivity index (χ3v) is 5.60. The normalized spacial score (nSPS) is 16.2. The summed E-state index contributed by atoms with van der Waals surface area (Å²) in [7, 11) is 0. The fourth-order valence-corrected chi connectivity index (χ4v) is 4.19. The van der Waals surface area contributed by atoms with Crippen molar-refractivity contribution in [2.75, 3.05) is 6.61 Å². The van der Waals surface area contributed by atoms with Crippen LogP contribution in [-0.4, -0.2) is 24.6 Å². The summed E-state index contributed by atoms with van der Waals surface area (Å²) in [5.74, 6) is -0.344. The van der Waals surface area contributed by atoms with Gasteiger partial charge >= 0.3 is 11.9 Å². The van der Waals surface area contributed by atoms with Crippen LogP contribution in [0.3, 0.4) is 0 Å². The fraction of sp³-hybridized carbons (Fsp3) is 0.786. The minimum absolute atomic E-state index is 0.0887. The molecule has 3 unspecified atom stereocenters. The summed E-state index contributed by atoms with van der Waals surface area (Å²) in [5.41, 5.74) is -0.560. The number of hydrogen-bond acceptors (Lipinski definition) is 4. The molecule has 0 aliphatic rings. The van der Waals surface area contributed by atoms with E-state index >= 15 is 0 Å². The smallest absolute Gasteiger partial charge is 0.347 e. The highest BCUT2D eigenvalue weighted by Gasteiger charge is 2.39. The van der Waals surface area contributed by atoms with E-state index in [1.165, 1.54) is 6.42 Å². The highest BCUT2D eigenvalue weighted by Crippen LogP contribution is 2.36. The summed E-state index contributed by atoms with van der Waals surface area (Å²) in [6.07, 6.45) is 11.4. The van der Waals surface area contributed by atoms with Crippen LogP contribution >= 0.6 is 0 Å². The SMILES string of the molecule is CCOC(=O)C(OC(=O)C(C)(C)CC(C)(C)/C=C\C/C=C\C(C)CC(C)(C)C)C(C)CC. The summed E-state index contributed by atoms with van der Waals surface area (Å²) < 4.78 is 10.8. The summed E-state index contributed by atoms with van der Waals surface area (Å²) in [6.45, 7) is 23.0. The van der Waals surface area contributed by atoms with Crippen LogP contribution in [0.1, 0.15) is 102 Å². The zero-order chi connectivity index (χ0) is 25.2. The van der Waals surface area contributed by atoms with Gasteiger partial charge in [0.05, 0.1) is 12.0 Å². The van der Waals surface area contributed by atoms with Crippen molar-refractivity contribution in [3.8, 4) is 0 Å². The van der Waals surface area contributed by atoms with E-state index in [2.05, 4.69) is 65.8 Å². The van der Waals surface area contributed by atoms with Gasteiger partial charge in [-0.25, -0.2) is 4.79 Å². The van der Waals surface area contributed by atoms with Crippen molar-refractivity contribution in [1.29, 1.82) is 0 Å². The second kappa shape index (κ2) is 13.2. The molecule has 0 aromatic carbocycles. The molecular formula is C28H50O4. The molecule has 32 heavy (non-hydrogen) atoms. The van der Waals surface area contributed by atoms with Gasteiger partial charge in [0, 0.05) is 5.92 Å². The third-order valence-electron chi connectivity index (χ3n) is 5.60. The molecule has 0 aromatic rings. The van der Waals surface area contributed by atoms with Gasteiger partial charge in [-0.15, -0.1) is 0 Å². The maximum Gasteiger partial charge on any atom is 0.347 e. The largest absolute Gasteiger partial charge is 0.463 e. The molecule has 4 nitrogen and oxygen atoms in total. The lowest BCUT2D eigenvalue weighted by Crippen LogP contribution is -2.40. The molecule has 4 heteroatoms.